The zero-order valence-electron chi connectivity index (χ0n) is 19.0. The summed E-state index contributed by atoms with van der Waals surface area (Å²) >= 11 is 0. The monoisotopic (exact) mass is 560 g/mol. The number of rotatable bonds is 2. The van der Waals surface area contributed by atoms with E-state index in [9.17, 15) is 0 Å². The maximum atomic E-state index is 2.44. The first-order valence-electron chi connectivity index (χ1n) is 10.9. The van der Waals surface area contributed by atoms with Crippen molar-refractivity contribution in [2.75, 3.05) is 0 Å². The summed E-state index contributed by atoms with van der Waals surface area (Å²) in [4.78, 5) is 0. The summed E-state index contributed by atoms with van der Waals surface area (Å²) in [5.74, 6) is 0. The molecule has 0 heterocycles. The zero-order chi connectivity index (χ0) is 20.5. The van der Waals surface area contributed by atoms with Crippen molar-refractivity contribution in [2.24, 2.45) is 0 Å². The smallest absolute Gasteiger partial charge is 0 e. The average Bonchev–Trinajstić information content (AvgIpc) is 3.40. The van der Waals surface area contributed by atoms with Gasteiger partial charge in [0, 0.05) is 25.8 Å². The van der Waals surface area contributed by atoms with Gasteiger partial charge in [-0.05, 0) is 25.7 Å². The number of hydrogen-bond acceptors (Lipinski definition) is 0. The molecule has 0 unspecified atom stereocenters. The van der Waals surface area contributed by atoms with Crippen molar-refractivity contribution >= 4 is 10.8 Å². The quantitative estimate of drug-likeness (QED) is 0.176. The summed E-state index contributed by atoms with van der Waals surface area (Å²) < 4.78 is 0. The molecule has 0 saturated heterocycles. The van der Waals surface area contributed by atoms with Crippen LogP contribution in [0.25, 0.3) is 10.8 Å². The minimum Gasteiger partial charge on any atom is -0.196 e. The first-order chi connectivity index (χ1) is 14.0. The molecular weight excluding hydrogens is 527 g/mol. The summed E-state index contributed by atoms with van der Waals surface area (Å²) in [5.41, 5.74) is 13.4. The van der Waals surface area contributed by atoms with Crippen molar-refractivity contribution in [1.82, 2.24) is 0 Å². The van der Waals surface area contributed by atoms with Crippen molar-refractivity contribution < 1.29 is 25.8 Å². The molecule has 0 nitrogen and oxygen atoms in total. The van der Waals surface area contributed by atoms with E-state index in [0.717, 1.165) is 6.42 Å². The van der Waals surface area contributed by atoms with Crippen LogP contribution in [0.1, 0.15) is 56.5 Å². The van der Waals surface area contributed by atoms with Crippen molar-refractivity contribution in [1.29, 1.82) is 0 Å². The fourth-order valence-electron chi connectivity index (χ4n) is 4.72. The normalized spacial score (nSPS) is 12.3. The molecule has 1 heteroatoms. The Hall–Kier alpha value is -1.73. The third-order valence-electron chi connectivity index (χ3n) is 7.12. The molecule has 0 aromatic heterocycles. The predicted molar refractivity (Wildman–Crippen MR) is 127 cm³/mol. The average molecular weight is 559 g/mol. The van der Waals surface area contributed by atoms with Gasteiger partial charge in [0.1, 0.15) is 0 Å². The first kappa shape index (κ1) is 22.9. The van der Waals surface area contributed by atoms with Gasteiger partial charge in [-0.3, -0.25) is 0 Å². The van der Waals surface area contributed by atoms with E-state index < -0.39 is 0 Å². The number of aryl methyl sites for hydroxylation is 2. The first-order valence-corrected chi connectivity index (χ1v) is 10.9. The maximum absolute atomic E-state index is 2.44. The van der Waals surface area contributed by atoms with Gasteiger partial charge in [-0.1, -0.05) is 81.6 Å². The van der Waals surface area contributed by atoms with E-state index in [4.69, 9.17) is 0 Å². The van der Waals surface area contributed by atoms with Gasteiger partial charge < -0.3 is 0 Å². The SMILES string of the molecule is Cc1c(C)c(C)[c-](C)c1C.[Hf].c1ccc(C[c-]2ccc3cc4c(cc32)CCC4)cc1. The van der Waals surface area contributed by atoms with Crippen LogP contribution in [0.5, 0.6) is 0 Å². The minimum absolute atomic E-state index is 0. The Labute approximate surface area is 200 Å². The molecule has 0 saturated carbocycles. The Bertz CT molecular complexity index is 1060. The fraction of sp³-hybridized carbons (Fsp3) is 0.310. The maximum Gasteiger partial charge on any atom is 0 e. The van der Waals surface area contributed by atoms with Gasteiger partial charge in [0.25, 0.3) is 0 Å². The molecule has 1 aliphatic carbocycles. The Morgan fingerprint density at radius 2 is 1.40 bits per heavy atom. The molecule has 0 aliphatic heterocycles. The van der Waals surface area contributed by atoms with Crippen molar-refractivity contribution in [2.45, 2.75) is 60.3 Å². The van der Waals surface area contributed by atoms with Crippen LogP contribution in [0, 0.1) is 34.6 Å². The largest absolute Gasteiger partial charge is 0.196 e. The van der Waals surface area contributed by atoms with Gasteiger partial charge in [0.2, 0.25) is 0 Å². The molecule has 1 aliphatic rings. The molecule has 4 aromatic carbocycles. The fourth-order valence-corrected chi connectivity index (χ4v) is 4.72. The van der Waals surface area contributed by atoms with E-state index in [1.807, 2.05) is 0 Å². The van der Waals surface area contributed by atoms with Crippen LogP contribution >= 0.6 is 0 Å². The van der Waals surface area contributed by atoms with E-state index >= 15 is 0 Å². The van der Waals surface area contributed by atoms with Crippen LogP contribution in [0.2, 0.25) is 0 Å². The molecule has 0 radical (unpaired) electrons. The topological polar surface area (TPSA) is 0 Å². The molecular formula is C29H32Hf-2. The van der Waals surface area contributed by atoms with Crippen LogP contribution in [0.4, 0.5) is 0 Å². The molecule has 0 bridgehead atoms. The summed E-state index contributed by atoms with van der Waals surface area (Å²) in [6.07, 6.45) is 4.91. The van der Waals surface area contributed by atoms with E-state index in [2.05, 4.69) is 89.2 Å². The van der Waals surface area contributed by atoms with E-state index in [1.165, 1.54) is 69.0 Å². The number of hydrogen-bond donors (Lipinski definition) is 0. The Balaban J connectivity index is 0.000000200. The summed E-state index contributed by atoms with van der Waals surface area (Å²) in [6.45, 7) is 11.0. The number of fused-ring (bicyclic) bond motifs is 2. The molecule has 5 rings (SSSR count). The Kier molecular flexibility index (Phi) is 7.34. The van der Waals surface area contributed by atoms with Crippen molar-refractivity contribution in [3.63, 3.8) is 0 Å². The van der Waals surface area contributed by atoms with E-state index in [0.29, 0.717) is 0 Å². The molecule has 30 heavy (non-hydrogen) atoms. The third-order valence-corrected chi connectivity index (χ3v) is 7.12. The molecule has 0 fully saturated rings. The third kappa shape index (κ3) is 4.47. The van der Waals surface area contributed by atoms with Crippen LogP contribution < -0.4 is 0 Å². The second-order valence-corrected chi connectivity index (χ2v) is 8.71. The second-order valence-electron chi connectivity index (χ2n) is 8.71. The van der Waals surface area contributed by atoms with Crippen LogP contribution in [-0.2, 0) is 45.1 Å². The Morgan fingerprint density at radius 1 is 0.800 bits per heavy atom. The summed E-state index contributed by atoms with van der Waals surface area (Å²) in [6, 6.07) is 20.2. The van der Waals surface area contributed by atoms with Crippen molar-refractivity contribution in [3.05, 3.63) is 105 Å². The summed E-state index contributed by atoms with van der Waals surface area (Å²) in [7, 11) is 0. The molecule has 0 amide bonds. The second kappa shape index (κ2) is 9.60. The van der Waals surface area contributed by atoms with Gasteiger partial charge in [-0.25, -0.2) is 0 Å². The molecule has 0 N–H and O–H groups in total. The predicted octanol–water partition coefficient (Wildman–Crippen LogP) is 7.58. The van der Waals surface area contributed by atoms with Crippen LogP contribution in [-0.4, -0.2) is 0 Å². The molecule has 4 aromatic rings. The van der Waals surface area contributed by atoms with E-state index in [-0.39, 0.29) is 25.8 Å². The number of benzene rings is 2. The van der Waals surface area contributed by atoms with Gasteiger partial charge in [0.05, 0.1) is 0 Å². The minimum atomic E-state index is 0. The standard InChI is InChI=1S/C19H17.C10H15.Hf/c1-2-5-14(6-3-1)11-17-9-10-18-12-15-7-4-8-16(15)13-19(17)18;1-6-7(2)9(4)10(5)8(6)3;/h1-3,5-6,9-10,12-13H,4,7-8,11H2;1-5H3;/q2*-1;. The van der Waals surface area contributed by atoms with Crippen molar-refractivity contribution in [3.8, 4) is 0 Å². The van der Waals surface area contributed by atoms with Gasteiger partial charge in [0.15, 0.2) is 0 Å². The molecule has 0 spiro atoms. The zero-order valence-corrected chi connectivity index (χ0v) is 22.6. The van der Waals surface area contributed by atoms with Crippen LogP contribution in [0.3, 0.4) is 0 Å². The van der Waals surface area contributed by atoms with Crippen LogP contribution in [0.15, 0.2) is 54.6 Å². The molecule has 154 valence electrons. The van der Waals surface area contributed by atoms with Gasteiger partial charge >= 0.3 is 0 Å². The van der Waals surface area contributed by atoms with E-state index in [1.54, 1.807) is 11.1 Å². The summed E-state index contributed by atoms with van der Waals surface area (Å²) in [5, 5.41) is 2.89. The molecule has 0 atom stereocenters. The Morgan fingerprint density at radius 3 is 1.97 bits per heavy atom. The van der Waals surface area contributed by atoms with Gasteiger partial charge in [-0.15, -0.1) is 34.5 Å². The van der Waals surface area contributed by atoms with Gasteiger partial charge in [-0.2, -0.15) is 33.9 Å².